The first-order valence-electron chi connectivity index (χ1n) is 7.42. The molecule has 1 aromatic heterocycles. The predicted molar refractivity (Wildman–Crippen MR) is 80.0 cm³/mol. The molecule has 0 saturated carbocycles. The van der Waals surface area contributed by atoms with E-state index in [9.17, 15) is 9.90 Å². The Balaban J connectivity index is 1.91. The van der Waals surface area contributed by atoms with Gasteiger partial charge in [-0.05, 0) is 30.9 Å². The van der Waals surface area contributed by atoms with Crippen molar-refractivity contribution in [3.8, 4) is 0 Å². The van der Waals surface area contributed by atoms with E-state index in [0.717, 1.165) is 36.5 Å². The summed E-state index contributed by atoms with van der Waals surface area (Å²) < 4.78 is 7.88. The zero-order valence-electron chi connectivity index (χ0n) is 12.4. The fourth-order valence-electron chi connectivity index (χ4n) is 3.33. The van der Waals surface area contributed by atoms with Crippen molar-refractivity contribution in [3.05, 3.63) is 11.4 Å². The van der Waals surface area contributed by atoms with Crippen LogP contribution < -0.4 is 0 Å². The number of carboxylic acids is 1. The van der Waals surface area contributed by atoms with E-state index in [4.69, 9.17) is 4.74 Å². The monoisotopic (exact) mass is 311 g/mol. The fourth-order valence-corrected chi connectivity index (χ4v) is 4.71. The molecule has 1 aromatic rings. The van der Waals surface area contributed by atoms with Crippen LogP contribution in [0, 0.1) is 0 Å². The molecule has 116 valence electrons. The summed E-state index contributed by atoms with van der Waals surface area (Å²) >= 11 is 1.93. The van der Waals surface area contributed by atoms with Crippen LogP contribution in [0.5, 0.6) is 0 Å². The minimum absolute atomic E-state index is 0.0445. The highest BCUT2D eigenvalue weighted by Crippen LogP contribution is 2.42. The molecule has 7 heteroatoms. The van der Waals surface area contributed by atoms with Gasteiger partial charge in [0.15, 0.2) is 5.69 Å². The molecule has 0 aliphatic carbocycles. The third-order valence-corrected chi connectivity index (χ3v) is 5.58. The van der Waals surface area contributed by atoms with Crippen molar-refractivity contribution in [3.63, 3.8) is 0 Å². The molecule has 2 aliphatic rings. The fraction of sp³-hybridized carbons (Fsp3) is 0.786. The predicted octanol–water partition coefficient (Wildman–Crippen LogP) is 2.33. The molecule has 2 saturated heterocycles. The van der Waals surface area contributed by atoms with E-state index in [1.165, 1.54) is 0 Å². The summed E-state index contributed by atoms with van der Waals surface area (Å²) in [5.74, 6) is 1.26. The Morgan fingerprint density at radius 3 is 3.00 bits per heavy atom. The summed E-state index contributed by atoms with van der Waals surface area (Å²) in [6, 6.07) is 0.190. The van der Waals surface area contributed by atoms with Crippen molar-refractivity contribution < 1.29 is 14.6 Å². The van der Waals surface area contributed by atoms with Gasteiger partial charge in [-0.3, -0.25) is 0 Å². The topological polar surface area (TPSA) is 77.2 Å². The van der Waals surface area contributed by atoms with Gasteiger partial charge in [0.05, 0.1) is 17.3 Å². The van der Waals surface area contributed by atoms with Crippen LogP contribution in [0.15, 0.2) is 0 Å². The minimum atomic E-state index is -0.997. The smallest absolute Gasteiger partial charge is 0.358 e. The molecule has 21 heavy (non-hydrogen) atoms. The first-order chi connectivity index (χ1) is 10.0. The van der Waals surface area contributed by atoms with Crippen LogP contribution in [0.3, 0.4) is 0 Å². The normalized spacial score (nSPS) is 29.4. The average Bonchev–Trinajstić information content (AvgIpc) is 3.05. The van der Waals surface area contributed by atoms with Crippen molar-refractivity contribution >= 4 is 17.7 Å². The van der Waals surface area contributed by atoms with Crippen LogP contribution in [-0.4, -0.2) is 49.8 Å². The van der Waals surface area contributed by atoms with Gasteiger partial charge in [-0.2, -0.15) is 11.8 Å². The zero-order valence-corrected chi connectivity index (χ0v) is 13.2. The van der Waals surface area contributed by atoms with Crippen LogP contribution in [0.25, 0.3) is 0 Å². The van der Waals surface area contributed by atoms with Gasteiger partial charge in [0.25, 0.3) is 0 Å². The van der Waals surface area contributed by atoms with Gasteiger partial charge in [0.2, 0.25) is 0 Å². The Labute approximate surface area is 128 Å². The van der Waals surface area contributed by atoms with E-state index in [0.29, 0.717) is 6.61 Å². The highest BCUT2D eigenvalue weighted by atomic mass is 32.2. The van der Waals surface area contributed by atoms with Crippen molar-refractivity contribution in [2.45, 2.75) is 50.7 Å². The third-order valence-electron chi connectivity index (χ3n) is 4.36. The van der Waals surface area contributed by atoms with Crippen LogP contribution in [0.2, 0.25) is 0 Å². The molecule has 2 unspecified atom stereocenters. The Hall–Kier alpha value is -1.08. The molecule has 0 amide bonds. The van der Waals surface area contributed by atoms with E-state index < -0.39 is 5.97 Å². The molecule has 0 radical (unpaired) electrons. The molecule has 1 spiro atoms. The van der Waals surface area contributed by atoms with Crippen molar-refractivity contribution in [2.75, 3.05) is 18.1 Å². The quantitative estimate of drug-likeness (QED) is 0.923. The lowest BCUT2D eigenvalue weighted by Crippen LogP contribution is -2.41. The Morgan fingerprint density at radius 1 is 1.57 bits per heavy atom. The third kappa shape index (κ3) is 2.68. The lowest BCUT2D eigenvalue weighted by Gasteiger charge is -2.38. The summed E-state index contributed by atoms with van der Waals surface area (Å²) in [6.45, 7) is 4.69. The summed E-state index contributed by atoms with van der Waals surface area (Å²) in [4.78, 5) is 11.3. The highest BCUT2D eigenvalue weighted by molar-refractivity contribution is 7.99. The summed E-state index contributed by atoms with van der Waals surface area (Å²) in [7, 11) is 0. The molecular formula is C14H21N3O3S. The Kier molecular flexibility index (Phi) is 3.96. The molecule has 2 aliphatic heterocycles. The van der Waals surface area contributed by atoms with Crippen molar-refractivity contribution in [1.29, 1.82) is 0 Å². The van der Waals surface area contributed by atoms with E-state index in [-0.39, 0.29) is 23.3 Å². The maximum atomic E-state index is 11.3. The van der Waals surface area contributed by atoms with Gasteiger partial charge in [-0.1, -0.05) is 19.1 Å². The largest absolute Gasteiger partial charge is 0.476 e. The van der Waals surface area contributed by atoms with Gasteiger partial charge >= 0.3 is 5.97 Å². The van der Waals surface area contributed by atoms with Gasteiger partial charge < -0.3 is 9.84 Å². The number of hydrogen-bond acceptors (Lipinski definition) is 5. The second-order valence-corrected chi connectivity index (χ2v) is 7.31. The minimum Gasteiger partial charge on any atom is -0.476 e. The summed E-state index contributed by atoms with van der Waals surface area (Å²) in [6.07, 6.45) is 2.85. The first kappa shape index (κ1) is 14.8. The first-order valence-corrected chi connectivity index (χ1v) is 8.58. The number of hydrogen-bond donors (Lipinski definition) is 1. The van der Waals surface area contributed by atoms with Gasteiger partial charge in [0, 0.05) is 12.4 Å². The number of carboxylic acid groups (broad SMARTS) is 1. The lowest BCUT2D eigenvalue weighted by molar-refractivity contribution is -0.0784. The Morgan fingerprint density at radius 2 is 2.38 bits per heavy atom. The van der Waals surface area contributed by atoms with Crippen molar-refractivity contribution in [1.82, 2.24) is 15.0 Å². The number of aromatic carboxylic acids is 1. The van der Waals surface area contributed by atoms with Crippen LogP contribution in [-0.2, 0) is 4.74 Å². The maximum absolute atomic E-state index is 11.3. The molecule has 2 fully saturated rings. The molecule has 6 nitrogen and oxygen atoms in total. The van der Waals surface area contributed by atoms with E-state index in [2.05, 4.69) is 10.3 Å². The lowest BCUT2D eigenvalue weighted by atomic mass is 9.89. The second-order valence-electron chi connectivity index (χ2n) is 6.21. The molecule has 1 N–H and O–H groups in total. The molecule has 2 atom stereocenters. The molecule has 3 rings (SSSR count). The SMILES string of the molecule is CC(C)c1c(C(=O)O)nnn1C1CCOC2(CCSC2)C1. The number of rotatable bonds is 3. The van der Waals surface area contributed by atoms with E-state index in [1.54, 1.807) is 0 Å². The van der Waals surface area contributed by atoms with Crippen LogP contribution in [0.4, 0.5) is 0 Å². The highest BCUT2D eigenvalue weighted by Gasteiger charge is 2.42. The average molecular weight is 311 g/mol. The summed E-state index contributed by atoms with van der Waals surface area (Å²) in [5, 5.41) is 17.3. The standard InChI is InChI=1S/C14H21N3O3S/c1-9(2)12-11(13(18)19)15-16-17(12)10-3-5-20-14(7-10)4-6-21-8-14/h9-10H,3-8H2,1-2H3,(H,18,19). The molecule has 0 aromatic carbocycles. The summed E-state index contributed by atoms with van der Waals surface area (Å²) in [5.41, 5.74) is 0.776. The van der Waals surface area contributed by atoms with Crippen LogP contribution in [0.1, 0.15) is 61.3 Å². The Bertz CT molecular complexity index is 538. The maximum Gasteiger partial charge on any atom is 0.358 e. The van der Waals surface area contributed by atoms with E-state index >= 15 is 0 Å². The molecule has 3 heterocycles. The zero-order chi connectivity index (χ0) is 15.0. The second kappa shape index (κ2) is 5.61. The number of nitrogens with zero attached hydrogens (tertiary/aromatic N) is 3. The number of aromatic nitrogens is 3. The number of thioether (sulfide) groups is 1. The number of carbonyl (C=O) groups is 1. The van der Waals surface area contributed by atoms with Gasteiger partial charge in [-0.25, -0.2) is 9.48 Å². The number of ether oxygens (including phenoxy) is 1. The molecule has 0 bridgehead atoms. The molecular weight excluding hydrogens is 290 g/mol. The van der Waals surface area contributed by atoms with Gasteiger partial charge in [0.1, 0.15) is 0 Å². The van der Waals surface area contributed by atoms with Crippen LogP contribution >= 0.6 is 11.8 Å². The van der Waals surface area contributed by atoms with Gasteiger partial charge in [-0.15, -0.1) is 5.10 Å². The van der Waals surface area contributed by atoms with Crippen molar-refractivity contribution in [2.24, 2.45) is 0 Å². The van der Waals surface area contributed by atoms with E-state index in [1.807, 2.05) is 30.3 Å².